The molecule has 116 valence electrons. The number of halogens is 1. The normalized spacial score (nSPS) is 18.9. The van der Waals surface area contributed by atoms with Crippen LogP contribution < -0.4 is 5.32 Å². The van der Waals surface area contributed by atoms with Gasteiger partial charge in [-0.2, -0.15) is 0 Å². The van der Waals surface area contributed by atoms with Crippen molar-refractivity contribution in [3.05, 3.63) is 22.4 Å². The maximum absolute atomic E-state index is 12.8. The van der Waals surface area contributed by atoms with Crippen LogP contribution in [0.2, 0.25) is 0 Å². The van der Waals surface area contributed by atoms with Gasteiger partial charge < -0.3 is 19.5 Å². The molecule has 1 aromatic heterocycles. The molecular formula is C14H20BrN3O3. The van der Waals surface area contributed by atoms with Crippen LogP contribution in [0.3, 0.4) is 0 Å². The summed E-state index contributed by atoms with van der Waals surface area (Å²) in [5.74, 6) is -0.351. The second-order valence-corrected chi connectivity index (χ2v) is 6.16. The van der Waals surface area contributed by atoms with Gasteiger partial charge in [-0.15, -0.1) is 0 Å². The molecule has 1 aliphatic rings. The Hall–Kier alpha value is -1.34. The third-order valence-corrected chi connectivity index (χ3v) is 3.96. The van der Waals surface area contributed by atoms with Crippen molar-refractivity contribution in [2.75, 3.05) is 26.8 Å². The molecule has 7 heteroatoms. The minimum atomic E-state index is -0.578. The lowest BCUT2D eigenvalue weighted by Crippen LogP contribution is -2.55. The van der Waals surface area contributed by atoms with Crippen molar-refractivity contribution in [2.45, 2.75) is 25.9 Å². The van der Waals surface area contributed by atoms with Gasteiger partial charge in [-0.3, -0.25) is 9.59 Å². The number of rotatable bonds is 3. The minimum Gasteiger partial charge on any atom is -0.377 e. The molecule has 1 saturated heterocycles. The summed E-state index contributed by atoms with van der Waals surface area (Å²) < 4.78 is 8.09. The Morgan fingerprint density at radius 2 is 2.19 bits per heavy atom. The van der Waals surface area contributed by atoms with E-state index in [9.17, 15) is 9.59 Å². The van der Waals surface area contributed by atoms with Gasteiger partial charge in [0.05, 0.1) is 13.2 Å². The molecule has 1 atom stereocenters. The highest BCUT2D eigenvalue weighted by Crippen LogP contribution is 2.22. The molecule has 6 nitrogen and oxygen atoms in total. The number of morpholine rings is 1. The predicted molar refractivity (Wildman–Crippen MR) is 82.2 cm³/mol. The molecule has 0 aliphatic carbocycles. The van der Waals surface area contributed by atoms with Gasteiger partial charge in [0, 0.05) is 30.3 Å². The predicted octanol–water partition coefficient (Wildman–Crippen LogP) is 1.42. The molecule has 1 fully saturated rings. The number of hydrogen-bond acceptors (Lipinski definition) is 3. The number of hydrogen-bond donors (Lipinski definition) is 1. The van der Waals surface area contributed by atoms with Gasteiger partial charge in [-0.1, -0.05) is 0 Å². The molecule has 1 aliphatic heterocycles. The van der Waals surface area contributed by atoms with Crippen molar-refractivity contribution in [1.82, 2.24) is 14.8 Å². The lowest BCUT2D eigenvalue weighted by molar-refractivity contribution is -0.130. The number of carbonyl (C=O) groups is 2. The molecular weight excluding hydrogens is 338 g/mol. The summed E-state index contributed by atoms with van der Waals surface area (Å²) in [6.45, 7) is 5.12. The number of likely N-dealkylation sites (N-methyl/N-ethyl adjacent to an activating group) is 1. The third kappa shape index (κ3) is 3.29. The Morgan fingerprint density at radius 3 is 2.81 bits per heavy atom. The average Bonchev–Trinajstić information content (AvgIpc) is 2.88. The van der Waals surface area contributed by atoms with Gasteiger partial charge in [0.2, 0.25) is 5.91 Å². The highest BCUT2D eigenvalue weighted by atomic mass is 79.9. The fourth-order valence-corrected chi connectivity index (χ4v) is 2.86. The highest BCUT2D eigenvalue weighted by Gasteiger charge is 2.34. The molecule has 0 aromatic carbocycles. The number of carbonyl (C=O) groups excluding carboxylic acids is 2. The molecule has 1 N–H and O–H groups in total. The minimum absolute atomic E-state index is 0.147. The Kier molecular flexibility index (Phi) is 5.05. The summed E-state index contributed by atoms with van der Waals surface area (Å²) in [5.41, 5.74) is 0.577. The number of nitrogens with zero attached hydrogens (tertiary/aromatic N) is 2. The van der Waals surface area contributed by atoms with E-state index in [1.165, 1.54) is 0 Å². The van der Waals surface area contributed by atoms with Crippen LogP contribution >= 0.6 is 15.9 Å². The lowest BCUT2D eigenvalue weighted by atomic mass is 10.2. The molecule has 0 radical (unpaired) electrons. The quantitative estimate of drug-likeness (QED) is 0.889. The number of nitrogens with one attached hydrogen (secondary N) is 1. The van der Waals surface area contributed by atoms with E-state index < -0.39 is 6.04 Å². The molecule has 1 unspecified atom stereocenters. The second-order valence-electron chi connectivity index (χ2n) is 5.25. The van der Waals surface area contributed by atoms with Crippen molar-refractivity contribution in [3.8, 4) is 0 Å². The summed E-state index contributed by atoms with van der Waals surface area (Å²) in [6.07, 6.45) is 1.88. The number of ether oxygens (including phenoxy) is 1. The fraction of sp³-hybridized carbons (Fsp3) is 0.571. The molecule has 21 heavy (non-hydrogen) atoms. The summed E-state index contributed by atoms with van der Waals surface area (Å²) in [5, 5.41) is 2.58. The van der Waals surface area contributed by atoms with Gasteiger partial charge >= 0.3 is 0 Å². The van der Waals surface area contributed by atoms with E-state index in [2.05, 4.69) is 21.2 Å². The van der Waals surface area contributed by atoms with Gasteiger partial charge in [0.1, 0.15) is 11.7 Å². The molecule has 2 rings (SSSR count). The van der Waals surface area contributed by atoms with Crippen LogP contribution in [-0.2, 0) is 9.53 Å². The molecule has 1 aromatic rings. The zero-order valence-electron chi connectivity index (χ0n) is 12.4. The van der Waals surface area contributed by atoms with Crippen LogP contribution in [0.4, 0.5) is 0 Å². The Balaban J connectivity index is 2.31. The Morgan fingerprint density at radius 1 is 1.48 bits per heavy atom. The average molecular weight is 358 g/mol. The van der Waals surface area contributed by atoms with E-state index in [1.807, 2.05) is 24.6 Å². The molecule has 0 spiro atoms. The number of amides is 2. The first-order valence-corrected chi connectivity index (χ1v) is 7.72. The van der Waals surface area contributed by atoms with Gasteiger partial charge in [0.15, 0.2) is 0 Å². The second kappa shape index (κ2) is 6.62. The zero-order chi connectivity index (χ0) is 15.6. The summed E-state index contributed by atoms with van der Waals surface area (Å²) in [7, 11) is 1.56. The van der Waals surface area contributed by atoms with Crippen LogP contribution in [0.5, 0.6) is 0 Å². The molecule has 0 bridgehead atoms. The van der Waals surface area contributed by atoms with Crippen LogP contribution in [-0.4, -0.2) is 54.1 Å². The van der Waals surface area contributed by atoms with Gasteiger partial charge in [-0.05, 0) is 35.8 Å². The summed E-state index contributed by atoms with van der Waals surface area (Å²) >= 11 is 3.41. The van der Waals surface area contributed by atoms with Crippen LogP contribution in [0.1, 0.15) is 30.4 Å². The third-order valence-electron chi connectivity index (χ3n) is 3.53. The fourth-order valence-electron chi connectivity index (χ4n) is 2.42. The molecule has 2 amide bonds. The monoisotopic (exact) mass is 357 g/mol. The van der Waals surface area contributed by atoms with Crippen molar-refractivity contribution in [2.24, 2.45) is 0 Å². The SMILES string of the molecule is CNC(=O)C1COCCN1C(=O)c1cc(Br)cn1C(C)C. The van der Waals surface area contributed by atoms with Gasteiger partial charge in [0.25, 0.3) is 5.91 Å². The van der Waals surface area contributed by atoms with Crippen LogP contribution in [0.15, 0.2) is 16.7 Å². The van der Waals surface area contributed by atoms with E-state index in [0.29, 0.717) is 18.8 Å². The molecule has 2 heterocycles. The van der Waals surface area contributed by atoms with Crippen molar-refractivity contribution >= 4 is 27.7 Å². The first-order chi connectivity index (χ1) is 9.95. The van der Waals surface area contributed by atoms with E-state index in [-0.39, 0.29) is 24.5 Å². The van der Waals surface area contributed by atoms with Crippen molar-refractivity contribution in [1.29, 1.82) is 0 Å². The summed E-state index contributed by atoms with van der Waals surface area (Å²) in [6, 6.07) is 1.37. The Bertz CT molecular complexity index is 542. The smallest absolute Gasteiger partial charge is 0.271 e. The standard InChI is InChI=1S/C14H20BrN3O3/c1-9(2)18-7-10(15)6-11(18)14(20)17-4-5-21-8-12(17)13(19)16-3/h6-7,9,12H,4-5,8H2,1-3H3,(H,16,19). The first-order valence-electron chi connectivity index (χ1n) is 6.93. The van der Waals surface area contributed by atoms with E-state index in [0.717, 1.165) is 4.47 Å². The maximum Gasteiger partial charge on any atom is 0.271 e. The van der Waals surface area contributed by atoms with Crippen molar-refractivity contribution < 1.29 is 14.3 Å². The van der Waals surface area contributed by atoms with Gasteiger partial charge in [-0.25, -0.2) is 0 Å². The van der Waals surface area contributed by atoms with E-state index in [1.54, 1.807) is 18.0 Å². The largest absolute Gasteiger partial charge is 0.377 e. The summed E-state index contributed by atoms with van der Waals surface area (Å²) in [4.78, 5) is 26.3. The molecule has 0 saturated carbocycles. The Labute approximate surface area is 132 Å². The topological polar surface area (TPSA) is 63.6 Å². The van der Waals surface area contributed by atoms with Crippen LogP contribution in [0.25, 0.3) is 0 Å². The zero-order valence-corrected chi connectivity index (χ0v) is 14.0. The maximum atomic E-state index is 12.8. The lowest BCUT2D eigenvalue weighted by Gasteiger charge is -2.34. The van der Waals surface area contributed by atoms with E-state index >= 15 is 0 Å². The first kappa shape index (κ1) is 16.0. The highest BCUT2D eigenvalue weighted by molar-refractivity contribution is 9.10. The van der Waals surface area contributed by atoms with Crippen LogP contribution in [0, 0.1) is 0 Å². The van der Waals surface area contributed by atoms with E-state index in [4.69, 9.17) is 4.74 Å². The van der Waals surface area contributed by atoms with Crippen molar-refractivity contribution in [3.63, 3.8) is 0 Å². The number of aromatic nitrogens is 1.